The fraction of sp³-hybridized carbons (Fsp3) is 0.333. The first-order valence-electron chi connectivity index (χ1n) is 5.54. The van der Waals surface area contributed by atoms with Gasteiger partial charge in [0.15, 0.2) is 6.04 Å². The number of hydrogen-bond acceptors (Lipinski definition) is 2. The summed E-state index contributed by atoms with van der Waals surface area (Å²) in [6.45, 7) is 0. The molecule has 0 aromatic heterocycles. The summed E-state index contributed by atoms with van der Waals surface area (Å²) in [5, 5.41) is 11.2. The number of aliphatic carboxylic acids is 1. The van der Waals surface area contributed by atoms with Gasteiger partial charge in [-0.2, -0.15) is 13.2 Å². The van der Waals surface area contributed by atoms with Gasteiger partial charge in [-0.15, -0.1) is 0 Å². The van der Waals surface area contributed by atoms with E-state index in [1.54, 1.807) is 6.07 Å². The molecule has 110 valence electrons. The highest BCUT2D eigenvalue weighted by Crippen LogP contribution is 2.24. The highest BCUT2D eigenvalue weighted by molar-refractivity contribution is 6.31. The van der Waals surface area contributed by atoms with E-state index in [1.165, 1.54) is 18.2 Å². The summed E-state index contributed by atoms with van der Waals surface area (Å²) < 4.78 is 35.9. The van der Waals surface area contributed by atoms with E-state index >= 15 is 0 Å². The fourth-order valence-electron chi connectivity index (χ4n) is 1.47. The van der Waals surface area contributed by atoms with Crippen LogP contribution in [0, 0.1) is 0 Å². The van der Waals surface area contributed by atoms with Crippen LogP contribution in [0.1, 0.15) is 24.4 Å². The summed E-state index contributed by atoms with van der Waals surface area (Å²) >= 11 is 5.80. The Labute approximate surface area is 117 Å². The molecule has 0 saturated heterocycles. The van der Waals surface area contributed by atoms with Crippen LogP contribution in [0.5, 0.6) is 0 Å². The van der Waals surface area contributed by atoms with Crippen molar-refractivity contribution in [2.45, 2.75) is 25.1 Å². The molecule has 4 nitrogen and oxygen atoms in total. The molecular weight excluding hydrogens is 299 g/mol. The zero-order valence-electron chi connectivity index (χ0n) is 10.1. The topological polar surface area (TPSA) is 66.4 Å². The number of halogens is 4. The van der Waals surface area contributed by atoms with Crippen molar-refractivity contribution in [2.24, 2.45) is 0 Å². The first-order valence-corrected chi connectivity index (χ1v) is 5.92. The molecule has 0 radical (unpaired) electrons. The molecule has 0 fully saturated rings. The lowest BCUT2D eigenvalue weighted by Gasteiger charge is -2.16. The van der Waals surface area contributed by atoms with Gasteiger partial charge in [0.1, 0.15) is 0 Å². The smallest absolute Gasteiger partial charge is 0.389 e. The SMILES string of the molecule is O=C(CCC(F)(F)F)N[C@@H](C(=O)O)c1ccccc1Cl. The average molecular weight is 310 g/mol. The summed E-state index contributed by atoms with van der Waals surface area (Å²) in [5.74, 6) is -2.41. The lowest BCUT2D eigenvalue weighted by molar-refractivity contribution is -0.147. The lowest BCUT2D eigenvalue weighted by atomic mass is 10.1. The van der Waals surface area contributed by atoms with Gasteiger partial charge in [-0.3, -0.25) is 4.79 Å². The molecule has 1 aromatic carbocycles. The molecule has 0 aliphatic rings. The van der Waals surface area contributed by atoms with Crippen LogP contribution >= 0.6 is 11.6 Å². The molecule has 1 aromatic rings. The second-order valence-corrected chi connectivity index (χ2v) is 4.38. The molecule has 1 amide bonds. The molecule has 20 heavy (non-hydrogen) atoms. The Morgan fingerprint density at radius 3 is 2.40 bits per heavy atom. The van der Waals surface area contributed by atoms with Crippen molar-refractivity contribution >= 4 is 23.5 Å². The predicted octanol–water partition coefficient (Wildman–Crippen LogP) is 2.92. The third-order valence-corrected chi connectivity index (χ3v) is 2.75. The third kappa shape index (κ3) is 5.08. The van der Waals surface area contributed by atoms with Gasteiger partial charge in [-0.25, -0.2) is 4.79 Å². The van der Waals surface area contributed by atoms with E-state index < -0.39 is 36.9 Å². The highest BCUT2D eigenvalue weighted by Gasteiger charge is 2.30. The number of carboxylic acid groups (broad SMARTS) is 1. The number of carboxylic acids is 1. The highest BCUT2D eigenvalue weighted by atomic mass is 35.5. The van der Waals surface area contributed by atoms with Gasteiger partial charge >= 0.3 is 12.1 Å². The fourth-order valence-corrected chi connectivity index (χ4v) is 1.71. The number of hydrogen-bond donors (Lipinski definition) is 2. The number of benzene rings is 1. The minimum atomic E-state index is -4.47. The van der Waals surface area contributed by atoms with Crippen molar-refractivity contribution in [1.29, 1.82) is 0 Å². The van der Waals surface area contributed by atoms with Crippen LogP contribution in [-0.4, -0.2) is 23.2 Å². The van der Waals surface area contributed by atoms with Crippen molar-refractivity contribution in [3.8, 4) is 0 Å². The molecule has 0 aliphatic carbocycles. The summed E-state index contributed by atoms with van der Waals surface area (Å²) in [6, 6.07) is 4.40. The first-order chi connectivity index (χ1) is 9.20. The maximum absolute atomic E-state index is 12.0. The standard InChI is InChI=1S/C12H11ClF3NO3/c13-8-4-2-1-3-7(8)10(11(19)20)17-9(18)5-6-12(14,15)16/h1-4,10H,5-6H2,(H,17,18)(H,19,20)/t10-/m1/s1. The molecule has 0 heterocycles. The molecule has 1 atom stereocenters. The molecule has 1 rings (SSSR count). The Kier molecular flexibility index (Phi) is 5.38. The third-order valence-electron chi connectivity index (χ3n) is 2.40. The Balaban J connectivity index is 2.77. The van der Waals surface area contributed by atoms with E-state index in [4.69, 9.17) is 16.7 Å². The van der Waals surface area contributed by atoms with Gasteiger partial charge in [0.05, 0.1) is 6.42 Å². The van der Waals surface area contributed by atoms with Gasteiger partial charge in [-0.05, 0) is 6.07 Å². The van der Waals surface area contributed by atoms with Gasteiger partial charge in [-0.1, -0.05) is 29.8 Å². The van der Waals surface area contributed by atoms with Crippen molar-refractivity contribution in [1.82, 2.24) is 5.32 Å². The zero-order chi connectivity index (χ0) is 15.3. The second-order valence-electron chi connectivity index (χ2n) is 3.98. The van der Waals surface area contributed by atoms with Crippen molar-refractivity contribution in [3.63, 3.8) is 0 Å². The molecule has 0 bridgehead atoms. The molecule has 2 N–H and O–H groups in total. The summed E-state index contributed by atoms with van der Waals surface area (Å²) in [4.78, 5) is 22.5. The number of amides is 1. The van der Waals surface area contributed by atoms with E-state index in [0.717, 1.165) is 0 Å². The maximum atomic E-state index is 12.0. The first kappa shape index (κ1) is 16.3. The summed E-state index contributed by atoms with van der Waals surface area (Å²) in [7, 11) is 0. The summed E-state index contributed by atoms with van der Waals surface area (Å²) in [5.41, 5.74) is 0.113. The van der Waals surface area contributed by atoms with Gasteiger partial charge in [0.2, 0.25) is 5.91 Å². The van der Waals surface area contributed by atoms with E-state index in [0.29, 0.717) is 0 Å². The van der Waals surface area contributed by atoms with Gasteiger partial charge < -0.3 is 10.4 Å². The van der Waals surface area contributed by atoms with Crippen molar-refractivity contribution in [2.75, 3.05) is 0 Å². The van der Waals surface area contributed by atoms with Crippen LogP contribution in [0.4, 0.5) is 13.2 Å². The van der Waals surface area contributed by atoms with Crippen LogP contribution in [0.15, 0.2) is 24.3 Å². The second kappa shape index (κ2) is 6.60. The lowest BCUT2D eigenvalue weighted by Crippen LogP contribution is -2.34. The Morgan fingerprint density at radius 2 is 1.90 bits per heavy atom. The molecular formula is C12H11ClF3NO3. The quantitative estimate of drug-likeness (QED) is 0.879. The van der Waals surface area contributed by atoms with Gasteiger partial charge in [0, 0.05) is 17.0 Å². The minimum Gasteiger partial charge on any atom is -0.479 e. The van der Waals surface area contributed by atoms with Crippen LogP contribution in [-0.2, 0) is 9.59 Å². The Hall–Kier alpha value is -1.76. The van der Waals surface area contributed by atoms with Gasteiger partial charge in [0.25, 0.3) is 0 Å². The molecule has 0 spiro atoms. The van der Waals surface area contributed by atoms with E-state index in [-0.39, 0.29) is 10.6 Å². The Morgan fingerprint density at radius 1 is 1.30 bits per heavy atom. The molecule has 0 aliphatic heterocycles. The Bertz CT molecular complexity index is 505. The molecule has 0 unspecified atom stereocenters. The van der Waals surface area contributed by atoms with Crippen LogP contribution in [0.3, 0.4) is 0 Å². The number of nitrogens with one attached hydrogen (secondary N) is 1. The largest absolute Gasteiger partial charge is 0.479 e. The van der Waals surface area contributed by atoms with Crippen molar-refractivity contribution < 1.29 is 27.9 Å². The normalized spacial score (nSPS) is 12.8. The number of rotatable bonds is 5. The van der Waals surface area contributed by atoms with E-state index in [9.17, 15) is 22.8 Å². The van der Waals surface area contributed by atoms with Crippen molar-refractivity contribution in [3.05, 3.63) is 34.9 Å². The van der Waals surface area contributed by atoms with Crippen LogP contribution in [0.25, 0.3) is 0 Å². The molecule has 0 saturated carbocycles. The van der Waals surface area contributed by atoms with Crippen LogP contribution in [0.2, 0.25) is 5.02 Å². The maximum Gasteiger partial charge on any atom is 0.389 e. The minimum absolute atomic E-state index is 0.107. The number of carbonyl (C=O) groups is 2. The van der Waals surface area contributed by atoms with E-state index in [2.05, 4.69) is 0 Å². The number of carbonyl (C=O) groups excluding carboxylic acids is 1. The number of alkyl halides is 3. The predicted molar refractivity (Wildman–Crippen MR) is 65.3 cm³/mol. The monoisotopic (exact) mass is 309 g/mol. The van der Waals surface area contributed by atoms with E-state index in [1.807, 2.05) is 5.32 Å². The zero-order valence-corrected chi connectivity index (χ0v) is 10.8. The average Bonchev–Trinajstić information content (AvgIpc) is 2.33. The summed E-state index contributed by atoms with van der Waals surface area (Å²) in [6.07, 6.45) is -6.62. The van der Waals surface area contributed by atoms with Crippen LogP contribution < -0.4 is 5.32 Å². The molecule has 8 heteroatoms.